The maximum absolute atomic E-state index is 12.8. The number of carbonyl (C=O) groups excluding carboxylic acids is 1. The molecule has 6 heteroatoms. The molecule has 1 fully saturated rings. The van der Waals surface area contributed by atoms with Crippen molar-refractivity contribution in [2.24, 2.45) is 0 Å². The second kappa shape index (κ2) is 7.30. The van der Waals surface area contributed by atoms with Crippen LogP contribution in [0.25, 0.3) is 0 Å². The Morgan fingerprint density at radius 1 is 1.33 bits per heavy atom. The van der Waals surface area contributed by atoms with Crippen LogP contribution in [-0.2, 0) is 0 Å². The number of nitrogens with zero attached hydrogens (tertiary/aromatic N) is 3. The van der Waals surface area contributed by atoms with Crippen molar-refractivity contribution in [3.63, 3.8) is 0 Å². The molecule has 3 heterocycles. The molecule has 2 aromatic heterocycles. The predicted molar refractivity (Wildman–Crippen MR) is 97.7 cm³/mol. The third kappa shape index (κ3) is 3.75. The van der Waals surface area contributed by atoms with Gasteiger partial charge in [-0.3, -0.25) is 4.79 Å². The second-order valence-corrected chi connectivity index (χ2v) is 7.58. The van der Waals surface area contributed by atoms with E-state index in [-0.39, 0.29) is 5.91 Å². The number of anilines is 1. The number of rotatable bonds is 4. The van der Waals surface area contributed by atoms with Crippen molar-refractivity contribution in [1.29, 1.82) is 0 Å². The lowest BCUT2D eigenvalue weighted by atomic mass is 10.0. The smallest absolute Gasteiger partial charge is 0.265 e. The summed E-state index contributed by atoms with van der Waals surface area (Å²) in [6.45, 7) is 7.71. The van der Waals surface area contributed by atoms with Gasteiger partial charge >= 0.3 is 0 Å². The van der Waals surface area contributed by atoms with Crippen LogP contribution >= 0.6 is 11.3 Å². The van der Waals surface area contributed by atoms with Gasteiger partial charge in [0.1, 0.15) is 10.7 Å². The Bertz CT molecular complexity index is 690. The molecule has 1 aliphatic rings. The molecule has 1 aliphatic heterocycles. The molecular weight excluding hydrogens is 320 g/mol. The van der Waals surface area contributed by atoms with Crippen molar-refractivity contribution in [2.45, 2.75) is 45.6 Å². The summed E-state index contributed by atoms with van der Waals surface area (Å²) in [5, 5.41) is 4.50. The molecule has 1 amide bonds. The fourth-order valence-electron chi connectivity index (χ4n) is 2.89. The number of piperidine rings is 1. The first-order valence-electron chi connectivity index (χ1n) is 8.48. The first kappa shape index (κ1) is 16.9. The molecule has 128 valence electrons. The van der Waals surface area contributed by atoms with E-state index >= 15 is 0 Å². The molecule has 0 unspecified atom stereocenters. The average Bonchev–Trinajstić information content (AvgIpc) is 2.98. The number of aromatic nitrogens is 2. The van der Waals surface area contributed by atoms with Gasteiger partial charge in [0.2, 0.25) is 0 Å². The van der Waals surface area contributed by atoms with Crippen LogP contribution in [0, 0.1) is 6.92 Å². The molecular formula is C18H24N4OS. The minimum Gasteiger partial charge on any atom is -0.367 e. The highest BCUT2D eigenvalue weighted by atomic mass is 32.1. The van der Waals surface area contributed by atoms with Crippen LogP contribution in [0.2, 0.25) is 0 Å². The molecule has 24 heavy (non-hydrogen) atoms. The summed E-state index contributed by atoms with van der Waals surface area (Å²) in [5.74, 6) is 1.40. The number of pyridine rings is 1. The Balaban J connectivity index is 1.59. The second-order valence-electron chi connectivity index (χ2n) is 6.55. The normalized spacial score (nSPS) is 15.8. The zero-order valence-electron chi connectivity index (χ0n) is 14.5. The molecule has 0 radical (unpaired) electrons. The summed E-state index contributed by atoms with van der Waals surface area (Å²) in [6.07, 6.45) is 3.67. The topological polar surface area (TPSA) is 58.1 Å². The van der Waals surface area contributed by atoms with Gasteiger partial charge in [-0.25, -0.2) is 9.97 Å². The number of thiazole rings is 1. The first-order valence-corrected chi connectivity index (χ1v) is 9.30. The third-order valence-corrected chi connectivity index (χ3v) is 5.75. The van der Waals surface area contributed by atoms with Crippen molar-refractivity contribution in [2.75, 3.05) is 18.4 Å². The van der Waals surface area contributed by atoms with E-state index in [0.717, 1.165) is 47.3 Å². The van der Waals surface area contributed by atoms with Gasteiger partial charge in [-0.05, 0) is 31.9 Å². The molecule has 3 rings (SSSR count). The van der Waals surface area contributed by atoms with Gasteiger partial charge in [-0.2, -0.15) is 0 Å². The van der Waals surface area contributed by atoms with E-state index in [2.05, 4.69) is 29.1 Å². The Morgan fingerprint density at radius 2 is 2.08 bits per heavy atom. The number of carbonyl (C=O) groups is 1. The van der Waals surface area contributed by atoms with Crippen LogP contribution in [0.15, 0.2) is 24.4 Å². The van der Waals surface area contributed by atoms with Crippen LogP contribution in [0.3, 0.4) is 0 Å². The predicted octanol–water partition coefficient (Wildman–Crippen LogP) is 3.69. The highest BCUT2D eigenvalue weighted by Gasteiger charge is 2.26. The van der Waals surface area contributed by atoms with Crippen LogP contribution in [0.4, 0.5) is 5.82 Å². The van der Waals surface area contributed by atoms with Gasteiger partial charge in [0.25, 0.3) is 5.91 Å². The minimum atomic E-state index is 0.133. The van der Waals surface area contributed by atoms with E-state index in [4.69, 9.17) is 0 Å². The van der Waals surface area contributed by atoms with Gasteiger partial charge in [-0.1, -0.05) is 19.9 Å². The van der Waals surface area contributed by atoms with Gasteiger partial charge in [0, 0.05) is 31.2 Å². The highest BCUT2D eigenvalue weighted by molar-refractivity contribution is 7.13. The number of amides is 1. The number of hydrogen-bond donors (Lipinski definition) is 1. The molecule has 0 aromatic carbocycles. The number of nitrogens with one attached hydrogen (secondary N) is 1. The third-order valence-electron chi connectivity index (χ3n) is 4.30. The zero-order chi connectivity index (χ0) is 17.1. The summed E-state index contributed by atoms with van der Waals surface area (Å²) < 4.78 is 0. The fourth-order valence-corrected chi connectivity index (χ4v) is 3.93. The monoisotopic (exact) mass is 344 g/mol. The molecule has 0 bridgehead atoms. The average molecular weight is 344 g/mol. The maximum Gasteiger partial charge on any atom is 0.265 e. The van der Waals surface area contributed by atoms with Crippen molar-refractivity contribution in [1.82, 2.24) is 14.9 Å². The van der Waals surface area contributed by atoms with E-state index in [1.165, 1.54) is 0 Å². The van der Waals surface area contributed by atoms with Crippen molar-refractivity contribution >= 4 is 23.1 Å². The lowest BCUT2D eigenvalue weighted by Crippen LogP contribution is -2.42. The van der Waals surface area contributed by atoms with Gasteiger partial charge in [0.15, 0.2) is 0 Å². The molecule has 1 N–H and O–H groups in total. The maximum atomic E-state index is 12.8. The van der Waals surface area contributed by atoms with Crippen molar-refractivity contribution < 1.29 is 4.79 Å². The standard InChI is InChI=1S/C18H24N4OS/c1-12(2)17-20-13(3)16(24-17)18(23)22-10-7-14(8-11-22)21-15-6-4-5-9-19-15/h4-6,9,12,14H,7-8,10-11H2,1-3H3,(H,19,21). The van der Waals surface area contributed by atoms with Crippen molar-refractivity contribution in [3.8, 4) is 0 Å². The van der Waals surface area contributed by atoms with Gasteiger partial charge < -0.3 is 10.2 Å². The SMILES string of the molecule is Cc1nc(C(C)C)sc1C(=O)N1CCC(Nc2ccccn2)CC1. The molecule has 0 atom stereocenters. The number of hydrogen-bond acceptors (Lipinski definition) is 5. The molecule has 0 aliphatic carbocycles. The summed E-state index contributed by atoms with van der Waals surface area (Å²) in [4.78, 5) is 24.4. The lowest BCUT2D eigenvalue weighted by Gasteiger charge is -2.32. The van der Waals surface area contributed by atoms with E-state index in [1.54, 1.807) is 17.5 Å². The Kier molecular flexibility index (Phi) is 5.14. The summed E-state index contributed by atoms with van der Waals surface area (Å²) in [7, 11) is 0. The zero-order valence-corrected chi connectivity index (χ0v) is 15.3. The molecule has 1 saturated heterocycles. The van der Waals surface area contributed by atoms with Gasteiger partial charge in [-0.15, -0.1) is 11.3 Å². The van der Waals surface area contributed by atoms with Crippen LogP contribution < -0.4 is 5.32 Å². The van der Waals surface area contributed by atoms with E-state index in [9.17, 15) is 4.79 Å². The number of likely N-dealkylation sites (tertiary alicyclic amines) is 1. The molecule has 0 spiro atoms. The summed E-state index contributed by atoms with van der Waals surface area (Å²) >= 11 is 1.54. The molecule has 0 saturated carbocycles. The molecule has 2 aromatic rings. The van der Waals surface area contributed by atoms with Gasteiger partial charge in [0.05, 0.1) is 10.7 Å². The minimum absolute atomic E-state index is 0.133. The largest absolute Gasteiger partial charge is 0.367 e. The van der Waals surface area contributed by atoms with Crippen LogP contribution in [-0.4, -0.2) is 39.9 Å². The fraction of sp³-hybridized carbons (Fsp3) is 0.500. The Hall–Kier alpha value is -1.95. The first-order chi connectivity index (χ1) is 11.5. The highest BCUT2D eigenvalue weighted by Crippen LogP contribution is 2.27. The van der Waals surface area contributed by atoms with E-state index < -0.39 is 0 Å². The van der Waals surface area contributed by atoms with Crippen molar-refractivity contribution in [3.05, 3.63) is 40.0 Å². The van der Waals surface area contributed by atoms with Crippen LogP contribution in [0.5, 0.6) is 0 Å². The Morgan fingerprint density at radius 3 is 2.67 bits per heavy atom. The van der Waals surface area contributed by atoms with E-state index in [0.29, 0.717) is 12.0 Å². The summed E-state index contributed by atoms with van der Waals surface area (Å²) in [6, 6.07) is 6.24. The number of aryl methyl sites for hydroxylation is 1. The molecule has 5 nitrogen and oxygen atoms in total. The van der Waals surface area contributed by atoms with E-state index in [1.807, 2.05) is 30.0 Å². The van der Waals surface area contributed by atoms with Crippen LogP contribution in [0.1, 0.15) is 53.0 Å². The quantitative estimate of drug-likeness (QED) is 0.919. The lowest BCUT2D eigenvalue weighted by molar-refractivity contribution is 0.0722. The Labute approximate surface area is 147 Å². The summed E-state index contributed by atoms with van der Waals surface area (Å²) in [5.41, 5.74) is 0.863.